The van der Waals surface area contributed by atoms with Gasteiger partial charge in [-0.05, 0) is 12.8 Å². The van der Waals surface area contributed by atoms with Gasteiger partial charge in [0.15, 0.2) is 23.1 Å². The highest BCUT2D eigenvalue weighted by Crippen LogP contribution is 2.83. The lowest BCUT2D eigenvalue weighted by molar-refractivity contribution is -0.182. The molecule has 0 radical (unpaired) electrons. The Bertz CT molecular complexity index is 1570. The van der Waals surface area contributed by atoms with Gasteiger partial charge in [-0.1, -0.05) is 24.3 Å². The highest BCUT2D eigenvalue weighted by molar-refractivity contribution is 7.83. The number of allylic oxidation sites excluding steroid dienone is 2. The molecule has 0 bridgehead atoms. The molecular formula is C38H64N9O8P3. The van der Waals surface area contributed by atoms with E-state index in [2.05, 4.69) is 52.7 Å². The highest BCUT2D eigenvalue weighted by Gasteiger charge is 2.57. The maximum Gasteiger partial charge on any atom is 0.221 e. The largest absolute Gasteiger partial charge is 0.347 e. The summed E-state index contributed by atoms with van der Waals surface area (Å²) in [7, 11) is -8.50. The Morgan fingerprint density at radius 3 is 1.21 bits per heavy atom. The number of piperidine rings is 4. The van der Waals surface area contributed by atoms with Crippen LogP contribution in [-0.2, 0) is 37.9 Å². The summed E-state index contributed by atoms with van der Waals surface area (Å²) in [5.74, 6) is -1.75. The highest BCUT2D eigenvalue weighted by atomic mass is 31.3. The van der Waals surface area contributed by atoms with Crippen molar-refractivity contribution in [2.24, 2.45) is 19.5 Å². The van der Waals surface area contributed by atoms with Gasteiger partial charge in [0, 0.05) is 129 Å². The van der Waals surface area contributed by atoms with E-state index in [-0.39, 0.29) is 0 Å². The average Bonchev–Trinajstić information content (AvgIpc) is 4.13. The van der Waals surface area contributed by atoms with Crippen molar-refractivity contribution in [2.45, 2.75) is 87.4 Å². The summed E-state index contributed by atoms with van der Waals surface area (Å²) < 4.78 is 83.7. The lowest BCUT2D eigenvalue weighted by Gasteiger charge is -2.55. The first-order chi connectivity index (χ1) is 28.4. The van der Waals surface area contributed by atoms with E-state index in [1.54, 1.807) is 0 Å². The van der Waals surface area contributed by atoms with E-state index in [4.69, 9.17) is 51.4 Å². The SMILES string of the molecule is C1=CC(CN2CCCCNP23=NP(N2CCC4(CC2)OCCO4)(N2CCC4(CC2)OCCO4)=NP(N2CCC4(CC2)OCCO4)(N2CCC4(CC2)OCCO4)=N3)C=C1. The molecule has 9 fully saturated rings. The lowest BCUT2D eigenvalue weighted by Crippen LogP contribution is -2.51. The quantitative estimate of drug-likeness (QED) is 0.331. The fourth-order valence-corrected chi connectivity index (χ4v) is 26.6. The van der Waals surface area contributed by atoms with E-state index in [0.29, 0.717) is 58.8 Å². The van der Waals surface area contributed by atoms with Crippen molar-refractivity contribution in [1.82, 2.24) is 28.4 Å². The molecule has 1 N–H and O–H groups in total. The van der Waals surface area contributed by atoms with Crippen LogP contribution >= 0.6 is 22.5 Å². The lowest BCUT2D eigenvalue weighted by atomic mass is 10.1. The molecule has 11 rings (SSSR count). The molecule has 1 atom stereocenters. The monoisotopic (exact) mass is 867 g/mol. The van der Waals surface area contributed by atoms with Crippen LogP contribution in [0.3, 0.4) is 0 Å². The van der Waals surface area contributed by atoms with Crippen LogP contribution < -0.4 is 5.09 Å². The number of rotatable bonds is 6. The van der Waals surface area contributed by atoms with Crippen LogP contribution in [-0.4, -0.2) is 171 Å². The maximum atomic E-state index is 6.55. The van der Waals surface area contributed by atoms with Gasteiger partial charge in [0.05, 0.1) is 52.9 Å². The van der Waals surface area contributed by atoms with Gasteiger partial charge < -0.3 is 37.9 Å². The number of nitrogens with one attached hydrogen (secondary N) is 1. The number of nitrogens with zero attached hydrogens (tertiary/aromatic N) is 8. The van der Waals surface area contributed by atoms with Crippen molar-refractivity contribution in [3.05, 3.63) is 24.3 Å². The molecule has 20 heteroatoms. The van der Waals surface area contributed by atoms with Gasteiger partial charge in [0.25, 0.3) is 0 Å². The molecule has 9 saturated heterocycles. The molecule has 5 spiro atoms. The molecule has 0 aromatic carbocycles. The van der Waals surface area contributed by atoms with Crippen LogP contribution in [0, 0.1) is 5.92 Å². The van der Waals surface area contributed by atoms with Crippen LogP contribution in [0.2, 0.25) is 0 Å². The summed E-state index contributed by atoms with van der Waals surface area (Å²) in [6.07, 6.45) is 17.7. The zero-order valence-electron chi connectivity index (χ0n) is 34.1. The summed E-state index contributed by atoms with van der Waals surface area (Å²) >= 11 is 0. The first-order valence-corrected chi connectivity index (χ1v) is 27.1. The van der Waals surface area contributed by atoms with Crippen molar-refractivity contribution in [3.8, 4) is 0 Å². The van der Waals surface area contributed by atoms with E-state index < -0.39 is 45.7 Å². The Morgan fingerprint density at radius 2 is 0.828 bits per heavy atom. The van der Waals surface area contributed by atoms with E-state index in [0.717, 1.165) is 136 Å². The van der Waals surface area contributed by atoms with Crippen molar-refractivity contribution >= 4 is 22.5 Å². The molecule has 0 saturated carbocycles. The Kier molecular flexibility index (Phi) is 11.1. The second kappa shape index (κ2) is 16.0. The van der Waals surface area contributed by atoms with Crippen molar-refractivity contribution in [3.63, 3.8) is 0 Å². The summed E-state index contributed by atoms with van der Waals surface area (Å²) in [6.45, 7) is 14.4. The van der Waals surface area contributed by atoms with Gasteiger partial charge in [-0.3, -0.25) is 5.09 Å². The number of hydrogen-bond acceptors (Lipinski definition) is 17. The van der Waals surface area contributed by atoms with Gasteiger partial charge in [0.1, 0.15) is 0 Å². The van der Waals surface area contributed by atoms with Crippen molar-refractivity contribution in [1.29, 1.82) is 0 Å². The molecule has 0 aromatic rings. The summed E-state index contributed by atoms with van der Waals surface area (Å²) in [4.78, 5) is 0. The van der Waals surface area contributed by atoms with Crippen molar-refractivity contribution in [2.75, 3.05) is 125 Å². The molecular weight excluding hydrogens is 803 g/mol. The summed E-state index contributed by atoms with van der Waals surface area (Å²) in [6, 6.07) is 0. The minimum Gasteiger partial charge on any atom is -0.347 e. The third kappa shape index (κ3) is 7.22. The average molecular weight is 868 g/mol. The Hall–Kier alpha value is -0.390. The predicted molar refractivity (Wildman–Crippen MR) is 220 cm³/mol. The number of hydrogen-bond donors (Lipinski definition) is 1. The van der Waals surface area contributed by atoms with Gasteiger partial charge in [-0.15, -0.1) is 0 Å². The number of ether oxygens (including phenoxy) is 8. The molecule has 0 amide bonds. The third-order valence-corrected chi connectivity index (χ3v) is 26.6. The van der Waals surface area contributed by atoms with Crippen LogP contribution in [0.4, 0.5) is 0 Å². The molecule has 0 aromatic heterocycles. The third-order valence-electron chi connectivity index (χ3n) is 14.3. The molecule has 324 valence electrons. The van der Waals surface area contributed by atoms with E-state index in [9.17, 15) is 0 Å². The normalized spacial score (nSPS) is 36.3. The summed E-state index contributed by atoms with van der Waals surface area (Å²) in [5, 5.41) is 4.23. The van der Waals surface area contributed by atoms with Crippen molar-refractivity contribution < 1.29 is 37.9 Å². The van der Waals surface area contributed by atoms with Crippen LogP contribution in [0.5, 0.6) is 0 Å². The maximum absolute atomic E-state index is 6.55. The Balaban J connectivity index is 1.10. The molecule has 17 nitrogen and oxygen atoms in total. The zero-order chi connectivity index (χ0) is 38.8. The van der Waals surface area contributed by atoms with Gasteiger partial charge >= 0.3 is 0 Å². The van der Waals surface area contributed by atoms with E-state index >= 15 is 0 Å². The first-order valence-electron chi connectivity index (χ1n) is 22.3. The fourth-order valence-electron chi connectivity index (χ4n) is 11.0. The van der Waals surface area contributed by atoms with Gasteiger partial charge in [0.2, 0.25) is 22.5 Å². The van der Waals surface area contributed by atoms with Crippen LogP contribution in [0.1, 0.15) is 64.2 Å². The summed E-state index contributed by atoms with van der Waals surface area (Å²) in [5.41, 5.74) is 0. The van der Waals surface area contributed by atoms with E-state index in [1.807, 2.05) is 0 Å². The molecule has 1 aliphatic carbocycles. The minimum absolute atomic E-state index is 0.317. The molecule has 11 aliphatic rings. The van der Waals surface area contributed by atoms with Crippen LogP contribution in [0.25, 0.3) is 0 Å². The molecule has 58 heavy (non-hydrogen) atoms. The van der Waals surface area contributed by atoms with Crippen LogP contribution in [0.15, 0.2) is 37.9 Å². The Labute approximate surface area is 344 Å². The minimum atomic E-state index is -2.86. The second-order valence-corrected chi connectivity index (χ2v) is 26.2. The Morgan fingerprint density at radius 1 is 0.466 bits per heavy atom. The van der Waals surface area contributed by atoms with Gasteiger partial charge in [-0.25, -0.2) is 23.4 Å². The van der Waals surface area contributed by atoms with Gasteiger partial charge in [-0.2, -0.15) is 13.5 Å². The molecule has 1 unspecified atom stereocenters. The smallest absolute Gasteiger partial charge is 0.221 e. The second-order valence-electron chi connectivity index (χ2n) is 17.6. The molecule has 10 heterocycles. The predicted octanol–water partition coefficient (Wildman–Crippen LogP) is 5.62. The first kappa shape index (κ1) is 40.4. The zero-order valence-corrected chi connectivity index (χ0v) is 36.8. The fraction of sp³-hybridized carbons (Fsp3) is 0.895. The standard InChI is InChI=1S/C38H64N9O8P3/c1-2-6-34(5-1)33-47-16-4-3-15-39-56(47)40-57(43-17-7-35(8-18-43)48-25-26-49-35,44-19-9-36(10-20-44)50-27-28-51-36)42-58(41-56,45-21-11-37(12-22-45)52-29-30-53-37)46-23-13-38(14-24-46)54-31-32-55-38/h1-2,5-6,34,39H,3-4,7-33H2. The molecule has 10 aliphatic heterocycles. The topological polar surface area (TPSA) is 139 Å². The van der Waals surface area contributed by atoms with E-state index in [1.165, 1.54) is 0 Å².